The first-order valence-corrected chi connectivity index (χ1v) is 9.94. The lowest BCUT2D eigenvalue weighted by Gasteiger charge is -2.20. The van der Waals surface area contributed by atoms with Crippen LogP contribution in [0.5, 0.6) is 0 Å². The standard InChI is InChI=1S/C26H20N2O/c1-15-9-10-16-17-11-12-18-22(23-19(26(18,2)3)7-6-14-28-23)25(17)29-24(16)21(15)20-8-4-5-13-27-20/h4-14H,1-3H3. The lowest BCUT2D eigenvalue weighted by atomic mass is 9.82. The Morgan fingerprint density at radius 3 is 2.28 bits per heavy atom. The minimum atomic E-state index is -0.0914. The summed E-state index contributed by atoms with van der Waals surface area (Å²) in [5.74, 6) is 0. The summed E-state index contributed by atoms with van der Waals surface area (Å²) in [5, 5.41) is 2.25. The molecule has 0 bridgehead atoms. The molecule has 29 heavy (non-hydrogen) atoms. The fourth-order valence-corrected chi connectivity index (χ4v) is 4.84. The van der Waals surface area contributed by atoms with Gasteiger partial charge < -0.3 is 4.42 Å². The highest BCUT2D eigenvalue weighted by molar-refractivity contribution is 6.14. The van der Waals surface area contributed by atoms with Crippen LogP contribution in [0.4, 0.5) is 0 Å². The largest absolute Gasteiger partial charge is 0.455 e. The number of aryl methyl sites for hydroxylation is 1. The second kappa shape index (κ2) is 5.54. The van der Waals surface area contributed by atoms with Gasteiger partial charge in [0.05, 0.1) is 11.4 Å². The Bertz CT molecular complexity index is 1430. The van der Waals surface area contributed by atoms with Crippen LogP contribution in [0.2, 0.25) is 0 Å². The van der Waals surface area contributed by atoms with Crippen LogP contribution in [-0.4, -0.2) is 9.97 Å². The summed E-state index contributed by atoms with van der Waals surface area (Å²) in [4.78, 5) is 9.33. The zero-order valence-electron chi connectivity index (χ0n) is 16.7. The van der Waals surface area contributed by atoms with Gasteiger partial charge in [-0.05, 0) is 41.8 Å². The van der Waals surface area contributed by atoms with Gasteiger partial charge in [-0.15, -0.1) is 0 Å². The Labute approximate surface area is 169 Å². The Morgan fingerprint density at radius 2 is 1.48 bits per heavy atom. The number of benzene rings is 2. The number of hydrogen-bond acceptors (Lipinski definition) is 3. The molecule has 0 saturated heterocycles. The summed E-state index contributed by atoms with van der Waals surface area (Å²) >= 11 is 0. The molecular weight excluding hydrogens is 356 g/mol. The molecule has 0 radical (unpaired) electrons. The van der Waals surface area contributed by atoms with Crippen LogP contribution in [-0.2, 0) is 5.41 Å². The number of rotatable bonds is 1. The molecule has 3 heteroatoms. The Kier molecular flexibility index (Phi) is 3.15. The second-order valence-corrected chi connectivity index (χ2v) is 8.34. The Morgan fingerprint density at radius 1 is 0.724 bits per heavy atom. The highest BCUT2D eigenvalue weighted by atomic mass is 16.3. The number of furan rings is 1. The van der Waals surface area contributed by atoms with Gasteiger partial charge in [-0.2, -0.15) is 0 Å². The molecule has 1 aliphatic carbocycles. The molecule has 0 amide bonds. The van der Waals surface area contributed by atoms with Crippen LogP contribution >= 0.6 is 0 Å². The highest BCUT2D eigenvalue weighted by Crippen LogP contribution is 2.52. The normalized spacial score (nSPS) is 14.3. The van der Waals surface area contributed by atoms with E-state index in [4.69, 9.17) is 9.40 Å². The third-order valence-corrected chi connectivity index (χ3v) is 6.33. The molecule has 0 fully saturated rings. The maximum Gasteiger partial charge on any atom is 0.145 e. The van der Waals surface area contributed by atoms with E-state index in [0.29, 0.717) is 0 Å². The van der Waals surface area contributed by atoms with E-state index in [1.54, 1.807) is 0 Å². The van der Waals surface area contributed by atoms with Gasteiger partial charge in [-0.3, -0.25) is 9.97 Å². The third-order valence-electron chi connectivity index (χ3n) is 6.33. The highest BCUT2D eigenvalue weighted by Gasteiger charge is 2.38. The van der Waals surface area contributed by atoms with E-state index in [-0.39, 0.29) is 5.41 Å². The van der Waals surface area contributed by atoms with E-state index < -0.39 is 0 Å². The van der Waals surface area contributed by atoms with Crippen LogP contribution in [0.1, 0.15) is 30.5 Å². The van der Waals surface area contributed by atoms with Crippen molar-refractivity contribution in [2.75, 3.05) is 0 Å². The van der Waals surface area contributed by atoms with Crippen LogP contribution in [0.25, 0.3) is 44.5 Å². The van der Waals surface area contributed by atoms with Crippen molar-refractivity contribution in [2.45, 2.75) is 26.2 Å². The SMILES string of the molecule is Cc1ccc2c(oc3c4c(ccc32)C(C)(C)c2cccnc2-4)c1-c1ccccn1. The number of pyridine rings is 2. The molecule has 2 aromatic carbocycles. The van der Waals surface area contributed by atoms with Gasteiger partial charge in [0, 0.05) is 39.7 Å². The minimum Gasteiger partial charge on any atom is -0.455 e. The van der Waals surface area contributed by atoms with Gasteiger partial charge in [0.15, 0.2) is 0 Å². The molecule has 6 rings (SSSR count). The molecule has 3 aromatic heterocycles. The summed E-state index contributed by atoms with van der Waals surface area (Å²) < 4.78 is 6.63. The fraction of sp³-hybridized carbons (Fsp3) is 0.154. The zero-order chi connectivity index (χ0) is 19.8. The summed E-state index contributed by atoms with van der Waals surface area (Å²) in [7, 11) is 0. The molecule has 0 aliphatic heterocycles. The smallest absolute Gasteiger partial charge is 0.145 e. The molecule has 0 unspecified atom stereocenters. The van der Waals surface area contributed by atoms with Gasteiger partial charge in [-0.1, -0.05) is 50.2 Å². The molecule has 3 nitrogen and oxygen atoms in total. The molecule has 3 heterocycles. The molecule has 5 aromatic rings. The van der Waals surface area contributed by atoms with E-state index in [0.717, 1.165) is 50.0 Å². The van der Waals surface area contributed by atoms with Crippen LogP contribution in [0, 0.1) is 6.92 Å². The van der Waals surface area contributed by atoms with Crippen molar-refractivity contribution >= 4 is 21.9 Å². The van der Waals surface area contributed by atoms with Crippen molar-refractivity contribution in [3.63, 3.8) is 0 Å². The zero-order valence-corrected chi connectivity index (χ0v) is 16.7. The summed E-state index contributed by atoms with van der Waals surface area (Å²) in [6, 6.07) is 19.0. The average molecular weight is 376 g/mol. The minimum absolute atomic E-state index is 0.0914. The topological polar surface area (TPSA) is 38.9 Å². The van der Waals surface area contributed by atoms with E-state index in [1.165, 1.54) is 11.1 Å². The number of hydrogen-bond donors (Lipinski definition) is 0. The van der Waals surface area contributed by atoms with Crippen molar-refractivity contribution in [2.24, 2.45) is 0 Å². The predicted molar refractivity (Wildman–Crippen MR) is 117 cm³/mol. The van der Waals surface area contributed by atoms with Gasteiger partial charge in [0.25, 0.3) is 0 Å². The van der Waals surface area contributed by atoms with Gasteiger partial charge in [0.1, 0.15) is 11.2 Å². The summed E-state index contributed by atoms with van der Waals surface area (Å²) in [5.41, 5.74) is 9.57. The maximum absolute atomic E-state index is 6.63. The van der Waals surface area contributed by atoms with E-state index >= 15 is 0 Å². The van der Waals surface area contributed by atoms with Crippen LogP contribution in [0.15, 0.2) is 71.4 Å². The van der Waals surface area contributed by atoms with Crippen molar-refractivity contribution in [1.29, 1.82) is 0 Å². The maximum atomic E-state index is 6.63. The van der Waals surface area contributed by atoms with Gasteiger partial charge in [-0.25, -0.2) is 0 Å². The first-order chi connectivity index (χ1) is 14.1. The van der Waals surface area contributed by atoms with Crippen molar-refractivity contribution < 1.29 is 4.42 Å². The van der Waals surface area contributed by atoms with Gasteiger partial charge >= 0.3 is 0 Å². The predicted octanol–water partition coefficient (Wildman–Crippen LogP) is 6.66. The van der Waals surface area contributed by atoms with E-state index in [2.05, 4.69) is 56.1 Å². The molecular formula is C26H20N2O. The van der Waals surface area contributed by atoms with Crippen molar-refractivity contribution in [1.82, 2.24) is 9.97 Å². The first kappa shape index (κ1) is 16.5. The average Bonchev–Trinajstić information content (AvgIpc) is 3.22. The number of fused-ring (bicyclic) bond motifs is 7. The lowest BCUT2D eigenvalue weighted by molar-refractivity contribution is 0.653. The second-order valence-electron chi connectivity index (χ2n) is 8.34. The van der Waals surface area contributed by atoms with Crippen LogP contribution < -0.4 is 0 Å². The third kappa shape index (κ3) is 2.07. The molecule has 0 saturated carbocycles. The molecule has 0 spiro atoms. The Hall–Kier alpha value is -3.46. The van der Waals surface area contributed by atoms with Crippen LogP contribution in [0.3, 0.4) is 0 Å². The summed E-state index contributed by atoms with van der Waals surface area (Å²) in [6.07, 6.45) is 3.70. The number of aromatic nitrogens is 2. The molecule has 140 valence electrons. The quantitative estimate of drug-likeness (QED) is 0.328. The first-order valence-electron chi connectivity index (χ1n) is 9.94. The fourth-order valence-electron chi connectivity index (χ4n) is 4.84. The summed E-state index contributed by atoms with van der Waals surface area (Å²) in [6.45, 7) is 6.63. The monoisotopic (exact) mass is 376 g/mol. The van der Waals surface area contributed by atoms with E-state index in [9.17, 15) is 0 Å². The molecule has 1 aliphatic rings. The Balaban J connectivity index is 1.77. The van der Waals surface area contributed by atoms with Crippen molar-refractivity contribution in [3.8, 4) is 22.5 Å². The van der Waals surface area contributed by atoms with Crippen molar-refractivity contribution in [3.05, 3.63) is 83.7 Å². The lowest BCUT2D eigenvalue weighted by Crippen LogP contribution is -2.14. The van der Waals surface area contributed by atoms with E-state index in [1.807, 2.05) is 36.7 Å². The molecule has 0 atom stereocenters. The van der Waals surface area contributed by atoms with Gasteiger partial charge in [0.2, 0.25) is 0 Å². The number of nitrogens with zero attached hydrogens (tertiary/aromatic N) is 2. The molecule has 0 N–H and O–H groups in total.